The maximum absolute atomic E-state index is 10.3. The largest absolute Gasteiger partial charge is 0.476 e. The van der Waals surface area contributed by atoms with E-state index in [0.29, 0.717) is 6.61 Å². The van der Waals surface area contributed by atoms with Crippen molar-refractivity contribution in [2.45, 2.75) is 26.7 Å². The Balaban J connectivity index is 0.000000442. The molecule has 1 aliphatic heterocycles. The fourth-order valence-corrected chi connectivity index (χ4v) is 2.44. The van der Waals surface area contributed by atoms with Gasteiger partial charge in [0.25, 0.3) is 0 Å². The molecule has 4 heteroatoms. The van der Waals surface area contributed by atoms with Crippen LogP contribution in [0.3, 0.4) is 0 Å². The van der Waals surface area contributed by atoms with Gasteiger partial charge in [-0.1, -0.05) is 119 Å². The fourth-order valence-electron chi connectivity index (χ4n) is 2.44. The molecular weight excluding hydrogens is 434 g/mol. The maximum Gasteiger partial charge on any atom is 0.330 e. The summed E-state index contributed by atoms with van der Waals surface area (Å²) in [5, 5.41) is 0. The molecule has 0 aliphatic carbocycles. The van der Waals surface area contributed by atoms with Crippen molar-refractivity contribution in [3.8, 4) is 0 Å². The van der Waals surface area contributed by atoms with Crippen molar-refractivity contribution in [1.82, 2.24) is 0 Å². The van der Waals surface area contributed by atoms with E-state index in [2.05, 4.69) is 42.6 Å². The molecule has 0 atom stereocenters. The lowest BCUT2D eigenvalue weighted by Gasteiger charge is -1.97. The Hall–Kier alpha value is -3.92. The van der Waals surface area contributed by atoms with Crippen LogP contribution in [0.5, 0.6) is 0 Å². The number of nitrogens with zero attached hydrogens (tertiary/aromatic N) is 1. The number of rotatable bonds is 8. The van der Waals surface area contributed by atoms with Gasteiger partial charge >= 0.3 is 5.97 Å². The highest BCUT2D eigenvalue weighted by Crippen LogP contribution is 2.10. The van der Waals surface area contributed by atoms with E-state index in [1.165, 1.54) is 11.6 Å². The predicted octanol–water partition coefficient (Wildman–Crippen LogP) is 7.81. The second-order valence-electron chi connectivity index (χ2n) is 7.19. The van der Waals surface area contributed by atoms with Gasteiger partial charge in [0.2, 0.25) is 5.90 Å². The number of hydrogen-bond acceptors (Lipinski definition) is 4. The maximum atomic E-state index is 10.3. The first kappa shape index (κ1) is 31.1. The molecule has 2 aromatic rings. The second kappa shape index (κ2) is 20.7. The zero-order chi connectivity index (χ0) is 26.3. The topological polar surface area (TPSA) is 47.9 Å². The number of benzene rings is 2. The smallest absolute Gasteiger partial charge is 0.330 e. The van der Waals surface area contributed by atoms with Gasteiger partial charge in [-0.3, -0.25) is 0 Å². The minimum atomic E-state index is -0.330. The molecule has 0 fully saturated rings. The average Bonchev–Trinajstić information content (AvgIpc) is 3.46. The van der Waals surface area contributed by atoms with Crippen molar-refractivity contribution in [3.05, 3.63) is 116 Å². The van der Waals surface area contributed by atoms with Gasteiger partial charge in [-0.05, 0) is 30.0 Å². The molecule has 0 N–H and O–H groups in total. The van der Waals surface area contributed by atoms with E-state index in [4.69, 9.17) is 4.74 Å². The molecule has 1 aliphatic rings. The van der Waals surface area contributed by atoms with E-state index in [9.17, 15) is 4.79 Å². The van der Waals surface area contributed by atoms with Gasteiger partial charge in [0.1, 0.15) is 6.61 Å². The summed E-state index contributed by atoms with van der Waals surface area (Å²) in [6.45, 7) is 23.9. The summed E-state index contributed by atoms with van der Waals surface area (Å²) in [5.41, 5.74) is 4.37. The first-order chi connectivity index (χ1) is 16.9. The highest BCUT2D eigenvalue weighted by molar-refractivity contribution is 5.93. The fraction of sp³-hybridized carbons (Fsp3) is 0.226. The summed E-state index contributed by atoms with van der Waals surface area (Å²) in [7, 11) is 0. The summed E-state index contributed by atoms with van der Waals surface area (Å²) in [6.07, 6.45) is 8.65. The summed E-state index contributed by atoms with van der Waals surface area (Å²) < 4.78 is 9.74. The molecule has 2 aromatic carbocycles. The number of carbonyl (C=O) groups is 1. The number of esters is 1. The number of unbranched alkanes of at least 4 members (excludes halogenated alkanes) is 1. The van der Waals surface area contributed by atoms with Crippen LogP contribution in [0.15, 0.2) is 104 Å². The van der Waals surface area contributed by atoms with E-state index in [0.717, 1.165) is 48.6 Å². The Morgan fingerprint density at radius 3 is 1.89 bits per heavy atom. The quantitative estimate of drug-likeness (QED) is 0.223. The monoisotopic (exact) mass is 473 g/mol. The Morgan fingerprint density at radius 2 is 1.54 bits per heavy atom. The number of carbonyl (C=O) groups excluding carboxylic acids is 1. The first-order valence-electron chi connectivity index (χ1n) is 11.6. The molecule has 4 nitrogen and oxygen atoms in total. The van der Waals surface area contributed by atoms with Crippen LogP contribution >= 0.6 is 0 Å². The molecule has 3 rings (SSSR count). The van der Waals surface area contributed by atoms with Gasteiger partial charge in [-0.2, -0.15) is 0 Å². The van der Waals surface area contributed by atoms with E-state index in [1.54, 1.807) is 0 Å². The highest BCUT2D eigenvalue weighted by Gasteiger charge is 2.05. The second-order valence-corrected chi connectivity index (χ2v) is 7.19. The standard InChI is InChI=1S/C10H10.C8H8.C7H12O2.C6H9NO/c1-3-9-7-5-6-8-10(9)4-2;1-2-8-6-4-3-5-7-8;1-3-5-6-9-7(8)4-2;1-5(2)6-7-3-4-8-6/h3-8H,1-2H2;2-7H,1H2;4H,2-3,5-6H2,1H3;1,3-4H2,2H3. The van der Waals surface area contributed by atoms with E-state index >= 15 is 0 Å². The Bertz CT molecular complexity index is 931. The van der Waals surface area contributed by atoms with Gasteiger partial charge in [-0.25, -0.2) is 9.79 Å². The van der Waals surface area contributed by atoms with Crippen LogP contribution in [-0.4, -0.2) is 31.6 Å². The van der Waals surface area contributed by atoms with Crippen LogP contribution in [0.2, 0.25) is 0 Å². The Labute approximate surface area is 211 Å². The van der Waals surface area contributed by atoms with Gasteiger partial charge in [0.15, 0.2) is 0 Å². The molecule has 35 heavy (non-hydrogen) atoms. The van der Waals surface area contributed by atoms with Crippen molar-refractivity contribution in [1.29, 1.82) is 0 Å². The van der Waals surface area contributed by atoms with Crippen molar-refractivity contribution >= 4 is 30.1 Å². The molecular formula is C31H39NO3. The summed E-state index contributed by atoms with van der Waals surface area (Å²) in [6, 6.07) is 18.0. The third-order valence-electron chi connectivity index (χ3n) is 4.33. The molecule has 0 saturated carbocycles. The van der Waals surface area contributed by atoms with E-state index in [1.807, 2.05) is 86.7 Å². The third-order valence-corrected chi connectivity index (χ3v) is 4.33. The summed E-state index contributed by atoms with van der Waals surface area (Å²) in [5.74, 6) is 0.397. The van der Waals surface area contributed by atoms with Crippen LogP contribution in [0, 0.1) is 0 Å². The van der Waals surface area contributed by atoms with Crippen molar-refractivity contribution in [2.24, 2.45) is 4.99 Å². The van der Waals surface area contributed by atoms with Crippen LogP contribution in [0.4, 0.5) is 0 Å². The van der Waals surface area contributed by atoms with Crippen molar-refractivity contribution < 1.29 is 14.3 Å². The number of hydrogen-bond donors (Lipinski definition) is 0. The van der Waals surface area contributed by atoms with Crippen molar-refractivity contribution in [3.63, 3.8) is 0 Å². The number of ether oxygens (including phenoxy) is 2. The SMILES string of the molecule is C=C(C)C1=NCCO1.C=CC(=O)OCCCC.C=Cc1ccccc1.C=Cc1ccccc1C=C. The van der Waals surface area contributed by atoms with Gasteiger partial charge in [-0.15, -0.1) is 0 Å². The Kier molecular flexibility index (Phi) is 18.4. The van der Waals surface area contributed by atoms with Crippen LogP contribution in [-0.2, 0) is 14.3 Å². The highest BCUT2D eigenvalue weighted by atomic mass is 16.5. The van der Waals surface area contributed by atoms with E-state index in [-0.39, 0.29) is 5.97 Å². The minimum absolute atomic E-state index is 0.330. The molecule has 0 amide bonds. The normalized spacial score (nSPS) is 10.6. The molecule has 0 spiro atoms. The third kappa shape index (κ3) is 15.5. The summed E-state index contributed by atoms with van der Waals surface area (Å²) >= 11 is 0. The zero-order valence-corrected chi connectivity index (χ0v) is 21.2. The van der Waals surface area contributed by atoms with Crippen molar-refractivity contribution in [2.75, 3.05) is 19.8 Å². The lowest BCUT2D eigenvalue weighted by molar-refractivity contribution is -0.137. The molecule has 0 saturated heterocycles. The Morgan fingerprint density at radius 1 is 0.971 bits per heavy atom. The van der Waals surface area contributed by atoms with Crippen LogP contribution < -0.4 is 0 Å². The minimum Gasteiger partial charge on any atom is -0.476 e. The van der Waals surface area contributed by atoms with Gasteiger partial charge < -0.3 is 9.47 Å². The molecule has 0 unspecified atom stereocenters. The zero-order valence-electron chi connectivity index (χ0n) is 21.2. The average molecular weight is 474 g/mol. The molecule has 1 heterocycles. The van der Waals surface area contributed by atoms with Gasteiger partial charge in [0.05, 0.1) is 13.2 Å². The van der Waals surface area contributed by atoms with Crippen LogP contribution in [0.25, 0.3) is 18.2 Å². The molecule has 0 aromatic heterocycles. The summed E-state index contributed by atoms with van der Waals surface area (Å²) in [4.78, 5) is 14.4. The van der Waals surface area contributed by atoms with E-state index < -0.39 is 0 Å². The molecule has 0 radical (unpaired) electrons. The predicted molar refractivity (Wildman–Crippen MR) is 152 cm³/mol. The van der Waals surface area contributed by atoms with Crippen LogP contribution in [0.1, 0.15) is 43.4 Å². The lowest BCUT2D eigenvalue weighted by Crippen LogP contribution is -2.00. The first-order valence-corrected chi connectivity index (χ1v) is 11.6. The van der Waals surface area contributed by atoms with Gasteiger partial charge in [0, 0.05) is 11.6 Å². The number of aliphatic imine (C=N–C) groups is 1. The lowest BCUT2D eigenvalue weighted by atomic mass is 10.1. The molecule has 186 valence electrons. The molecule has 0 bridgehead atoms.